The van der Waals surface area contributed by atoms with Gasteiger partial charge >= 0.3 is 0 Å². The minimum Gasteiger partial charge on any atom is -0.287 e. The number of nitriles is 1. The van der Waals surface area contributed by atoms with Crippen molar-refractivity contribution in [3.8, 4) is 6.07 Å². The summed E-state index contributed by atoms with van der Waals surface area (Å²) in [6, 6.07) is 12.5. The number of hydrogen-bond donors (Lipinski definition) is 0. The number of thioether (sulfide) groups is 1. The van der Waals surface area contributed by atoms with E-state index in [1.54, 1.807) is 11.3 Å². The van der Waals surface area contributed by atoms with Crippen LogP contribution in [-0.4, -0.2) is 15.3 Å². The predicted molar refractivity (Wildman–Crippen MR) is 116 cm³/mol. The second kappa shape index (κ2) is 8.50. The Morgan fingerprint density at radius 1 is 1.29 bits per heavy atom. The molecule has 1 atom stereocenters. The van der Waals surface area contributed by atoms with Crippen LogP contribution in [0.15, 0.2) is 40.3 Å². The number of benzene rings is 1. The summed E-state index contributed by atoms with van der Waals surface area (Å²) < 4.78 is 1.84. The Morgan fingerprint density at radius 2 is 2.07 bits per heavy atom. The lowest BCUT2D eigenvalue weighted by molar-refractivity contribution is 0.594. The molecule has 2 aromatic heterocycles. The van der Waals surface area contributed by atoms with Crippen LogP contribution in [0.3, 0.4) is 0 Å². The average Bonchev–Trinajstić information content (AvgIpc) is 3.10. The fourth-order valence-electron chi connectivity index (χ4n) is 3.65. The van der Waals surface area contributed by atoms with Crippen LogP contribution < -0.4 is 5.56 Å². The molecule has 6 heteroatoms. The second-order valence-corrected chi connectivity index (χ2v) is 9.39. The molecule has 0 saturated carbocycles. The Morgan fingerprint density at radius 3 is 2.86 bits per heavy atom. The molecule has 2 heterocycles. The zero-order valence-electron chi connectivity index (χ0n) is 16.0. The minimum absolute atomic E-state index is 0.0725. The monoisotopic (exact) mass is 409 g/mol. The number of nitrogens with zero attached hydrogens (tertiary/aromatic N) is 3. The van der Waals surface area contributed by atoms with Gasteiger partial charge in [0.25, 0.3) is 5.56 Å². The fraction of sp³-hybridized carbons (Fsp3) is 0.409. The maximum absolute atomic E-state index is 13.5. The van der Waals surface area contributed by atoms with Crippen molar-refractivity contribution in [2.75, 3.05) is 5.75 Å². The van der Waals surface area contributed by atoms with E-state index in [0.717, 1.165) is 41.1 Å². The van der Waals surface area contributed by atoms with Gasteiger partial charge in [0.1, 0.15) is 4.83 Å². The Kier molecular flexibility index (Phi) is 5.84. The van der Waals surface area contributed by atoms with Crippen LogP contribution >= 0.6 is 23.1 Å². The third-order valence-corrected chi connectivity index (χ3v) is 7.61. The van der Waals surface area contributed by atoms with Gasteiger partial charge in [-0.1, -0.05) is 42.1 Å². The highest BCUT2D eigenvalue weighted by Crippen LogP contribution is 2.34. The van der Waals surface area contributed by atoms with Gasteiger partial charge in [-0.05, 0) is 50.2 Å². The van der Waals surface area contributed by atoms with E-state index in [-0.39, 0.29) is 11.5 Å². The molecule has 1 aromatic carbocycles. The van der Waals surface area contributed by atoms with Gasteiger partial charge in [-0.2, -0.15) is 5.26 Å². The smallest absolute Gasteiger partial charge is 0.263 e. The van der Waals surface area contributed by atoms with Crippen LogP contribution in [-0.2, 0) is 25.8 Å². The highest BCUT2D eigenvalue weighted by Gasteiger charge is 2.22. The lowest BCUT2D eigenvalue weighted by Crippen LogP contribution is -2.25. The first-order chi connectivity index (χ1) is 13.7. The van der Waals surface area contributed by atoms with Crippen molar-refractivity contribution in [1.82, 2.24) is 9.55 Å². The highest BCUT2D eigenvalue weighted by molar-refractivity contribution is 7.99. The Bertz CT molecular complexity index is 1080. The number of thiophene rings is 1. The molecular weight excluding hydrogens is 386 g/mol. The molecule has 4 nitrogen and oxygen atoms in total. The maximum Gasteiger partial charge on any atom is 0.263 e. The van der Waals surface area contributed by atoms with Crippen molar-refractivity contribution in [3.05, 3.63) is 56.7 Å². The minimum atomic E-state index is -0.0725. The lowest BCUT2D eigenvalue weighted by atomic mass is 9.97. The van der Waals surface area contributed by atoms with Gasteiger partial charge < -0.3 is 0 Å². The molecule has 3 aromatic rings. The van der Waals surface area contributed by atoms with Gasteiger partial charge in [0.05, 0.1) is 17.4 Å². The molecule has 1 aliphatic carbocycles. The molecule has 0 unspecified atom stereocenters. The van der Waals surface area contributed by atoms with E-state index in [4.69, 9.17) is 10.2 Å². The zero-order chi connectivity index (χ0) is 19.5. The van der Waals surface area contributed by atoms with Crippen molar-refractivity contribution in [2.45, 2.75) is 50.7 Å². The van der Waals surface area contributed by atoms with E-state index in [2.05, 4.69) is 18.2 Å². The molecule has 0 radical (unpaired) electrons. The van der Waals surface area contributed by atoms with Crippen LogP contribution in [0.1, 0.15) is 35.8 Å². The number of fused-ring (bicyclic) bond motifs is 3. The number of hydrogen-bond acceptors (Lipinski definition) is 5. The first kappa shape index (κ1) is 19.2. The summed E-state index contributed by atoms with van der Waals surface area (Å²) in [6.45, 7) is 2.52. The van der Waals surface area contributed by atoms with Gasteiger partial charge in [-0.25, -0.2) is 4.98 Å². The second-order valence-electron chi connectivity index (χ2n) is 7.32. The summed E-state index contributed by atoms with van der Waals surface area (Å²) in [5.74, 6) is 0.571. The third-order valence-electron chi connectivity index (χ3n) is 5.19. The maximum atomic E-state index is 13.5. The van der Waals surface area contributed by atoms with E-state index in [0.29, 0.717) is 12.3 Å². The first-order valence-electron chi connectivity index (χ1n) is 9.79. The molecule has 144 valence electrons. The van der Waals surface area contributed by atoms with Gasteiger partial charge in [-0.15, -0.1) is 11.3 Å². The molecule has 0 saturated heterocycles. The molecule has 0 amide bonds. The van der Waals surface area contributed by atoms with Gasteiger partial charge in [0.2, 0.25) is 0 Å². The standard InChI is InChI=1S/C22H23N3OS2/c1-15(13-23)14-27-22-24-20-19(17-9-5-6-10-18(17)28-20)21(26)25(22)12-11-16-7-3-2-4-8-16/h2-4,7-8,15H,5-6,9-12,14H2,1H3/t15-/m0/s1. The van der Waals surface area contributed by atoms with Crippen LogP contribution in [0.5, 0.6) is 0 Å². The highest BCUT2D eigenvalue weighted by atomic mass is 32.2. The van der Waals surface area contributed by atoms with E-state index < -0.39 is 0 Å². The number of rotatable bonds is 6. The van der Waals surface area contributed by atoms with E-state index in [9.17, 15) is 4.79 Å². The van der Waals surface area contributed by atoms with Crippen LogP contribution in [0, 0.1) is 17.2 Å². The van der Waals surface area contributed by atoms with Crippen molar-refractivity contribution < 1.29 is 0 Å². The average molecular weight is 410 g/mol. The Balaban J connectivity index is 1.75. The van der Waals surface area contributed by atoms with E-state index in [1.165, 1.54) is 34.2 Å². The van der Waals surface area contributed by atoms with Crippen LogP contribution in [0.4, 0.5) is 0 Å². The van der Waals surface area contributed by atoms with Crippen molar-refractivity contribution >= 4 is 33.3 Å². The number of aromatic nitrogens is 2. The van der Waals surface area contributed by atoms with E-state index in [1.807, 2.05) is 29.7 Å². The summed E-state index contributed by atoms with van der Waals surface area (Å²) in [5, 5.41) is 10.7. The van der Waals surface area contributed by atoms with Crippen molar-refractivity contribution in [1.29, 1.82) is 5.26 Å². The molecule has 0 bridgehead atoms. The summed E-state index contributed by atoms with van der Waals surface area (Å²) in [4.78, 5) is 20.6. The normalized spacial score (nSPS) is 14.6. The molecule has 4 rings (SSSR count). The van der Waals surface area contributed by atoms with Gasteiger partial charge in [-0.3, -0.25) is 9.36 Å². The van der Waals surface area contributed by atoms with Gasteiger partial charge in [0, 0.05) is 17.2 Å². The van der Waals surface area contributed by atoms with Crippen molar-refractivity contribution in [2.24, 2.45) is 5.92 Å². The topological polar surface area (TPSA) is 58.7 Å². The Hall–Kier alpha value is -2.10. The third kappa shape index (κ3) is 3.87. The molecule has 0 fully saturated rings. The van der Waals surface area contributed by atoms with Crippen molar-refractivity contribution in [3.63, 3.8) is 0 Å². The van der Waals surface area contributed by atoms with E-state index >= 15 is 0 Å². The van der Waals surface area contributed by atoms with Crippen LogP contribution in [0.25, 0.3) is 10.2 Å². The lowest BCUT2D eigenvalue weighted by Gasteiger charge is -2.14. The predicted octanol–water partition coefficient (Wildman–Crippen LogP) is 4.83. The largest absolute Gasteiger partial charge is 0.287 e. The molecule has 28 heavy (non-hydrogen) atoms. The summed E-state index contributed by atoms with van der Waals surface area (Å²) in [6.07, 6.45) is 5.19. The zero-order valence-corrected chi connectivity index (χ0v) is 17.6. The molecule has 0 aliphatic heterocycles. The number of aryl methyl sites for hydroxylation is 3. The molecule has 0 spiro atoms. The molecule has 1 aliphatic rings. The molecular formula is C22H23N3OS2. The Labute approximate surface area is 173 Å². The van der Waals surface area contributed by atoms with Gasteiger partial charge in [0.15, 0.2) is 5.16 Å². The summed E-state index contributed by atoms with van der Waals surface area (Å²) >= 11 is 3.21. The quantitative estimate of drug-likeness (QED) is 0.432. The summed E-state index contributed by atoms with van der Waals surface area (Å²) in [5.41, 5.74) is 2.54. The first-order valence-corrected chi connectivity index (χ1v) is 11.6. The SMILES string of the molecule is C[C@@H](C#N)CSc1nc2sc3c(c2c(=O)n1CCc1ccccc1)CCCC3. The fourth-order valence-corrected chi connectivity index (χ4v) is 5.92. The molecule has 0 N–H and O–H groups in total. The summed E-state index contributed by atoms with van der Waals surface area (Å²) in [7, 11) is 0. The van der Waals surface area contributed by atoms with Crippen LogP contribution in [0.2, 0.25) is 0 Å².